The van der Waals surface area contributed by atoms with E-state index in [1.165, 1.54) is 24.3 Å². The van der Waals surface area contributed by atoms with Gasteiger partial charge in [0.2, 0.25) is 5.91 Å². The molecule has 1 aromatic heterocycles. The molecule has 0 spiro atoms. The van der Waals surface area contributed by atoms with Crippen molar-refractivity contribution < 1.29 is 22.4 Å². The lowest BCUT2D eigenvalue weighted by Crippen LogP contribution is -2.32. The monoisotopic (exact) mass is 400 g/mol. The van der Waals surface area contributed by atoms with E-state index in [0.29, 0.717) is 10.4 Å². The fourth-order valence-corrected chi connectivity index (χ4v) is 2.67. The highest BCUT2D eigenvalue weighted by atomic mass is 79.9. The van der Waals surface area contributed by atoms with E-state index in [4.69, 9.17) is 4.42 Å². The summed E-state index contributed by atoms with van der Waals surface area (Å²) in [6.07, 6.45) is 1.08. The fourth-order valence-electron chi connectivity index (χ4n) is 1.69. The van der Waals surface area contributed by atoms with Crippen LogP contribution >= 0.6 is 15.9 Å². The summed E-state index contributed by atoms with van der Waals surface area (Å²) >= 11 is 3.07. The second-order valence-corrected chi connectivity index (χ2v) is 7.43. The van der Waals surface area contributed by atoms with E-state index < -0.39 is 21.7 Å². The third-order valence-corrected chi connectivity index (χ3v) is 4.29. The van der Waals surface area contributed by atoms with Gasteiger partial charge < -0.3 is 15.1 Å². The standard InChI is InChI=1S/C14H13BrN2O5S/c1-23(20,21)10-4-2-3-9(7-10)17-13(18)8-16-14(19)11-5-6-12(15)22-11/h2-7H,8H2,1H3,(H,16,19)(H,17,18). The van der Waals surface area contributed by atoms with Crippen LogP contribution in [0.5, 0.6) is 0 Å². The van der Waals surface area contributed by atoms with Crippen molar-refractivity contribution in [2.24, 2.45) is 0 Å². The predicted molar refractivity (Wildman–Crippen MR) is 86.9 cm³/mol. The Bertz CT molecular complexity index is 844. The second kappa shape index (κ2) is 6.97. The summed E-state index contributed by atoms with van der Waals surface area (Å²) in [7, 11) is -3.36. The molecule has 0 saturated heterocycles. The minimum Gasteiger partial charge on any atom is -0.444 e. The summed E-state index contributed by atoms with van der Waals surface area (Å²) < 4.78 is 28.4. The lowest BCUT2D eigenvalue weighted by Gasteiger charge is -2.07. The highest BCUT2D eigenvalue weighted by molar-refractivity contribution is 9.10. The summed E-state index contributed by atoms with van der Waals surface area (Å²) in [4.78, 5) is 23.6. The predicted octanol–water partition coefficient (Wildman–Crippen LogP) is 1.81. The number of anilines is 1. The van der Waals surface area contributed by atoms with E-state index in [1.807, 2.05) is 0 Å². The van der Waals surface area contributed by atoms with Crippen LogP contribution in [0.3, 0.4) is 0 Å². The summed E-state index contributed by atoms with van der Waals surface area (Å²) in [6.45, 7) is -0.278. The molecule has 2 amide bonds. The minimum absolute atomic E-state index is 0.0729. The van der Waals surface area contributed by atoms with Crippen LogP contribution in [0.15, 0.2) is 50.4 Å². The molecule has 0 aliphatic carbocycles. The molecule has 7 nitrogen and oxygen atoms in total. The molecule has 0 bridgehead atoms. The number of benzene rings is 1. The van der Waals surface area contributed by atoms with Gasteiger partial charge in [-0.25, -0.2) is 8.42 Å². The Labute approximate surface area is 141 Å². The Hall–Kier alpha value is -2.13. The number of carbonyl (C=O) groups excluding carboxylic acids is 2. The Kier molecular flexibility index (Phi) is 5.22. The Balaban J connectivity index is 1.94. The summed E-state index contributed by atoms with van der Waals surface area (Å²) in [6, 6.07) is 8.88. The number of rotatable bonds is 5. The van der Waals surface area contributed by atoms with Gasteiger partial charge in [-0.1, -0.05) is 6.07 Å². The number of nitrogens with one attached hydrogen (secondary N) is 2. The Morgan fingerprint density at radius 3 is 2.57 bits per heavy atom. The summed E-state index contributed by atoms with van der Waals surface area (Å²) in [5.41, 5.74) is 0.327. The molecular formula is C14H13BrN2O5S. The molecule has 0 fully saturated rings. The van der Waals surface area contributed by atoms with E-state index in [1.54, 1.807) is 12.1 Å². The zero-order valence-electron chi connectivity index (χ0n) is 12.0. The summed E-state index contributed by atoms with van der Waals surface area (Å²) in [5.74, 6) is -0.950. The Morgan fingerprint density at radius 1 is 1.22 bits per heavy atom. The second-order valence-electron chi connectivity index (χ2n) is 4.63. The van der Waals surface area contributed by atoms with Gasteiger partial charge in [0.05, 0.1) is 11.4 Å². The first-order valence-electron chi connectivity index (χ1n) is 6.39. The summed E-state index contributed by atoms with van der Waals surface area (Å²) in [5, 5.41) is 4.90. The van der Waals surface area contributed by atoms with Gasteiger partial charge in [-0.05, 0) is 46.3 Å². The molecule has 122 valence electrons. The highest BCUT2D eigenvalue weighted by Crippen LogP contribution is 2.15. The lowest BCUT2D eigenvalue weighted by atomic mass is 10.3. The van der Waals surface area contributed by atoms with Gasteiger partial charge >= 0.3 is 0 Å². The number of amides is 2. The SMILES string of the molecule is CS(=O)(=O)c1cccc(NC(=O)CNC(=O)c2ccc(Br)o2)c1. The topological polar surface area (TPSA) is 105 Å². The fraction of sp³-hybridized carbons (Fsp3) is 0.143. The quantitative estimate of drug-likeness (QED) is 0.795. The van der Waals surface area contributed by atoms with Crippen LogP contribution in [0.2, 0.25) is 0 Å². The normalized spacial score (nSPS) is 11.0. The van der Waals surface area contributed by atoms with Crippen LogP contribution in [0, 0.1) is 0 Å². The lowest BCUT2D eigenvalue weighted by molar-refractivity contribution is -0.115. The third kappa shape index (κ3) is 4.93. The molecule has 1 aromatic carbocycles. The van der Waals surface area contributed by atoms with E-state index >= 15 is 0 Å². The van der Waals surface area contributed by atoms with Crippen LogP contribution in [0.25, 0.3) is 0 Å². The Morgan fingerprint density at radius 2 is 1.96 bits per heavy atom. The first-order valence-corrected chi connectivity index (χ1v) is 9.07. The van der Waals surface area contributed by atoms with E-state index in [9.17, 15) is 18.0 Å². The molecule has 0 atom stereocenters. The molecule has 0 aliphatic rings. The average molecular weight is 401 g/mol. The maximum Gasteiger partial charge on any atom is 0.287 e. The molecule has 0 saturated carbocycles. The third-order valence-electron chi connectivity index (χ3n) is 2.75. The molecule has 2 rings (SSSR count). The largest absolute Gasteiger partial charge is 0.444 e. The van der Waals surface area contributed by atoms with Crippen LogP contribution in [-0.2, 0) is 14.6 Å². The number of halogens is 1. The van der Waals surface area contributed by atoms with Crippen molar-refractivity contribution in [3.63, 3.8) is 0 Å². The van der Waals surface area contributed by atoms with Crippen LogP contribution in [0.1, 0.15) is 10.6 Å². The van der Waals surface area contributed by atoms with E-state index in [2.05, 4.69) is 26.6 Å². The van der Waals surface area contributed by atoms with E-state index in [-0.39, 0.29) is 17.2 Å². The molecule has 9 heteroatoms. The zero-order valence-corrected chi connectivity index (χ0v) is 14.4. The van der Waals surface area contributed by atoms with Crippen LogP contribution in [0.4, 0.5) is 5.69 Å². The van der Waals surface area contributed by atoms with Crippen molar-refractivity contribution in [1.29, 1.82) is 0 Å². The first kappa shape index (κ1) is 17.2. The van der Waals surface area contributed by atoms with Crippen molar-refractivity contribution in [2.45, 2.75) is 4.90 Å². The van der Waals surface area contributed by atoms with Gasteiger partial charge in [-0.15, -0.1) is 0 Å². The molecule has 2 aromatic rings. The number of sulfone groups is 1. The van der Waals surface area contributed by atoms with E-state index in [0.717, 1.165) is 6.26 Å². The maximum atomic E-state index is 11.8. The van der Waals surface area contributed by atoms with Crippen molar-refractivity contribution in [3.8, 4) is 0 Å². The number of hydrogen-bond acceptors (Lipinski definition) is 5. The zero-order chi connectivity index (χ0) is 17.0. The molecule has 23 heavy (non-hydrogen) atoms. The molecule has 0 unspecified atom stereocenters. The molecule has 1 heterocycles. The van der Waals surface area contributed by atoms with Crippen molar-refractivity contribution in [1.82, 2.24) is 5.32 Å². The molecular weight excluding hydrogens is 388 g/mol. The first-order chi connectivity index (χ1) is 10.8. The van der Waals surface area contributed by atoms with Crippen LogP contribution in [-0.4, -0.2) is 33.0 Å². The number of furan rings is 1. The van der Waals surface area contributed by atoms with Gasteiger partial charge in [0, 0.05) is 11.9 Å². The molecule has 0 radical (unpaired) electrons. The van der Waals surface area contributed by atoms with Gasteiger partial charge in [0.1, 0.15) is 0 Å². The highest BCUT2D eigenvalue weighted by Gasteiger charge is 2.13. The number of hydrogen-bond donors (Lipinski definition) is 2. The minimum atomic E-state index is -3.36. The molecule has 2 N–H and O–H groups in total. The average Bonchev–Trinajstić information content (AvgIpc) is 2.91. The van der Waals surface area contributed by atoms with Crippen molar-refractivity contribution in [3.05, 3.63) is 46.8 Å². The smallest absolute Gasteiger partial charge is 0.287 e. The van der Waals surface area contributed by atoms with Gasteiger partial charge in [-0.3, -0.25) is 9.59 Å². The van der Waals surface area contributed by atoms with Gasteiger partial charge in [0.25, 0.3) is 5.91 Å². The molecule has 0 aliphatic heterocycles. The number of carbonyl (C=O) groups is 2. The maximum absolute atomic E-state index is 11.8. The van der Waals surface area contributed by atoms with Crippen molar-refractivity contribution >= 4 is 43.3 Å². The van der Waals surface area contributed by atoms with Crippen molar-refractivity contribution in [2.75, 3.05) is 18.1 Å². The van der Waals surface area contributed by atoms with Gasteiger partial charge in [0.15, 0.2) is 20.3 Å². The van der Waals surface area contributed by atoms with Crippen LogP contribution < -0.4 is 10.6 Å². The van der Waals surface area contributed by atoms with Gasteiger partial charge in [-0.2, -0.15) is 0 Å².